The van der Waals surface area contributed by atoms with Crippen LogP contribution in [0.1, 0.15) is 73.3 Å². The first-order chi connectivity index (χ1) is 11.3. The van der Waals surface area contributed by atoms with Crippen molar-refractivity contribution in [3.63, 3.8) is 0 Å². The summed E-state index contributed by atoms with van der Waals surface area (Å²) in [4.78, 5) is 15.2. The summed E-state index contributed by atoms with van der Waals surface area (Å²) in [6, 6.07) is 0. The smallest absolute Gasteiger partial charge is 0.257 e. The maximum atomic E-state index is 13.1. The van der Waals surface area contributed by atoms with Gasteiger partial charge in [-0.2, -0.15) is 5.10 Å². The van der Waals surface area contributed by atoms with Crippen LogP contribution < -0.4 is 5.32 Å². The molecule has 0 aromatic carbocycles. The average molecular weight is 316 g/mol. The van der Waals surface area contributed by atoms with E-state index in [-0.39, 0.29) is 5.91 Å². The Kier molecular flexibility index (Phi) is 4.14. The van der Waals surface area contributed by atoms with E-state index in [4.69, 9.17) is 0 Å². The maximum Gasteiger partial charge on any atom is 0.257 e. The van der Waals surface area contributed by atoms with Crippen molar-refractivity contribution in [2.24, 2.45) is 5.41 Å². The molecule has 1 spiro atoms. The molecule has 126 valence electrons. The van der Waals surface area contributed by atoms with Crippen molar-refractivity contribution in [1.82, 2.24) is 20.4 Å². The monoisotopic (exact) mass is 316 g/mol. The van der Waals surface area contributed by atoms with Gasteiger partial charge < -0.3 is 10.2 Å². The molecule has 5 heteroatoms. The Hall–Kier alpha value is -1.36. The first kappa shape index (κ1) is 15.2. The third-order valence-corrected chi connectivity index (χ3v) is 6.19. The number of nitrogens with zero attached hydrogens (tertiary/aromatic N) is 2. The number of carbonyl (C=O) groups excluding carboxylic acids is 1. The number of carbonyl (C=O) groups is 1. The number of aromatic nitrogens is 2. The Morgan fingerprint density at radius 2 is 2.09 bits per heavy atom. The Bertz CT molecular complexity index is 555. The lowest BCUT2D eigenvalue weighted by Crippen LogP contribution is -2.47. The number of piperidine rings is 1. The molecule has 1 aromatic heterocycles. The van der Waals surface area contributed by atoms with E-state index in [1.807, 2.05) is 0 Å². The van der Waals surface area contributed by atoms with Gasteiger partial charge in [-0.25, -0.2) is 0 Å². The number of hydrogen-bond acceptors (Lipinski definition) is 3. The zero-order valence-corrected chi connectivity index (χ0v) is 13.9. The molecular formula is C18H28N4O. The summed E-state index contributed by atoms with van der Waals surface area (Å²) < 4.78 is 0. The average Bonchev–Trinajstić information content (AvgIpc) is 3.25. The summed E-state index contributed by atoms with van der Waals surface area (Å²) in [7, 11) is 0. The summed E-state index contributed by atoms with van der Waals surface area (Å²) >= 11 is 0. The van der Waals surface area contributed by atoms with E-state index in [2.05, 4.69) is 20.4 Å². The second-order valence-electron chi connectivity index (χ2n) is 7.79. The van der Waals surface area contributed by atoms with Crippen LogP contribution in [0.4, 0.5) is 0 Å². The van der Waals surface area contributed by atoms with E-state index in [1.165, 1.54) is 44.9 Å². The molecule has 23 heavy (non-hydrogen) atoms. The number of hydrogen-bond donors (Lipinski definition) is 2. The summed E-state index contributed by atoms with van der Waals surface area (Å²) in [5.41, 5.74) is 2.25. The Balaban J connectivity index is 1.51. The lowest BCUT2D eigenvalue weighted by Gasteiger charge is -2.40. The van der Waals surface area contributed by atoms with Crippen LogP contribution in [0.3, 0.4) is 0 Å². The molecule has 0 radical (unpaired) electrons. The van der Waals surface area contributed by atoms with Crippen molar-refractivity contribution in [2.45, 2.75) is 57.3 Å². The van der Waals surface area contributed by atoms with E-state index >= 15 is 0 Å². The van der Waals surface area contributed by atoms with Crippen molar-refractivity contribution >= 4 is 5.91 Å². The maximum absolute atomic E-state index is 13.1. The highest BCUT2D eigenvalue weighted by Crippen LogP contribution is 2.37. The number of aromatic amines is 1. The molecule has 2 saturated heterocycles. The Labute approximate surface area is 138 Å². The molecule has 1 saturated carbocycles. The van der Waals surface area contributed by atoms with Crippen LogP contribution >= 0.6 is 0 Å². The summed E-state index contributed by atoms with van der Waals surface area (Å²) in [5, 5.41) is 10.8. The molecular weight excluding hydrogens is 288 g/mol. The minimum atomic E-state index is 0.199. The van der Waals surface area contributed by atoms with Gasteiger partial charge in [-0.3, -0.25) is 9.89 Å². The normalized spacial score (nSPS) is 29.3. The lowest BCUT2D eigenvalue weighted by atomic mass is 9.79. The van der Waals surface area contributed by atoms with Gasteiger partial charge in [0, 0.05) is 31.0 Å². The van der Waals surface area contributed by atoms with Gasteiger partial charge in [0.05, 0.1) is 17.5 Å². The third kappa shape index (κ3) is 2.91. The minimum absolute atomic E-state index is 0.199. The van der Waals surface area contributed by atoms with Crippen LogP contribution in [0.2, 0.25) is 0 Å². The van der Waals surface area contributed by atoms with Crippen LogP contribution in [0.5, 0.6) is 0 Å². The summed E-state index contributed by atoms with van der Waals surface area (Å²) in [6.07, 6.45) is 11.6. The zero-order chi connectivity index (χ0) is 15.7. The highest BCUT2D eigenvalue weighted by molar-refractivity contribution is 5.95. The molecule has 4 rings (SSSR count). The molecule has 3 fully saturated rings. The molecule has 2 aliphatic heterocycles. The molecule has 0 bridgehead atoms. The van der Waals surface area contributed by atoms with E-state index in [9.17, 15) is 4.79 Å². The molecule has 3 heterocycles. The Morgan fingerprint density at radius 3 is 2.87 bits per heavy atom. The molecule has 1 atom stereocenters. The van der Waals surface area contributed by atoms with Gasteiger partial charge in [0.2, 0.25) is 0 Å². The van der Waals surface area contributed by atoms with Gasteiger partial charge in [0.1, 0.15) is 0 Å². The van der Waals surface area contributed by atoms with Gasteiger partial charge in [-0.15, -0.1) is 0 Å². The highest BCUT2D eigenvalue weighted by Gasteiger charge is 2.40. The Morgan fingerprint density at radius 1 is 1.22 bits per heavy atom. The fourth-order valence-electron chi connectivity index (χ4n) is 4.86. The van der Waals surface area contributed by atoms with Gasteiger partial charge in [-0.05, 0) is 38.6 Å². The van der Waals surface area contributed by atoms with Gasteiger partial charge in [0.15, 0.2) is 0 Å². The zero-order valence-electron chi connectivity index (χ0n) is 13.9. The molecule has 2 N–H and O–H groups in total. The van der Waals surface area contributed by atoms with Crippen LogP contribution in [-0.4, -0.2) is 47.2 Å². The molecule has 5 nitrogen and oxygen atoms in total. The molecule has 1 amide bonds. The van der Waals surface area contributed by atoms with Crippen molar-refractivity contribution in [3.8, 4) is 0 Å². The van der Waals surface area contributed by atoms with Crippen LogP contribution in [-0.2, 0) is 0 Å². The SMILES string of the molecule is O=C(c1cn[nH]c1C1CCCCC1)N1CCCC2(CCNC2)C1. The van der Waals surface area contributed by atoms with E-state index in [0.717, 1.165) is 43.9 Å². The fraction of sp³-hybridized carbons (Fsp3) is 0.778. The fourth-order valence-corrected chi connectivity index (χ4v) is 4.86. The quantitative estimate of drug-likeness (QED) is 0.882. The second-order valence-corrected chi connectivity index (χ2v) is 7.79. The number of amides is 1. The van der Waals surface area contributed by atoms with Crippen LogP contribution in [0.25, 0.3) is 0 Å². The number of likely N-dealkylation sites (tertiary alicyclic amines) is 1. The van der Waals surface area contributed by atoms with Gasteiger partial charge >= 0.3 is 0 Å². The number of nitrogens with one attached hydrogen (secondary N) is 2. The molecule has 1 aromatic rings. The first-order valence-electron chi connectivity index (χ1n) is 9.31. The number of rotatable bonds is 2. The van der Waals surface area contributed by atoms with Crippen LogP contribution in [0, 0.1) is 5.41 Å². The van der Waals surface area contributed by atoms with Crippen molar-refractivity contribution in [1.29, 1.82) is 0 Å². The van der Waals surface area contributed by atoms with E-state index < -0.39 is 0 Å². The van der Waals surface area contributed by atoms with Crippen molar-refractivity contribution in [3.05, 3.63) is 17.5 Å². The summed E-state index contributed by atoms with van der Waals surface area (Å²) in [5.74, 6) is 0.697. The van der Waals surface area contributed by atoms with Gasteiger partial charge in [-0.1, -0.05) is 19.3 Å². The van der Waals surface area contributed by atoms with E-state index in [0.29, 0.717) is 11.3 Å². The largest absolute Gasteiger partial charge is 0.338 e. The van der Waals surface area contributed by atoms with Gasteiger partial charge in [0.25, 0.3) is 5.91 Å². The minimum Gasteiger partial charge on any atom is -0.338 e. The number of H-pyrrole nitrogens is 1. The third-order valence-electron chi connectivity index (χ3n) is 6.19. The second kappa shape index (κ2) is 6.27. The highest BCUT2D eigenvalue weighted by atomic mass is 16.2. The van der Waals surface area contributed by atoms with Crippen molar-refractivity contribution in [2.75, 3.05) is 26.2 Å². The van der Waals surface area contributed by atoms with E-state index in [1.54, 1.807) is 6.20 Å². The predicted molar refractivity (Wildman–Crippen MR) is 89.5 cm³/mol. The van der Waals surface area contributed by atoms with Crippen molar-refractivity contribution < 1.29 is 4.79 Å². The first-order valence-corrected chi connectivity index (χ1v) is 9.31. The molecule has 1 aliphatic carbocycles. The molecule has 3 aliphatic rings. The summed E-state index contributed by atoms with van der Waals surface area (Å²) in [6.45, 7) is 3.97. The predicted octanol–water partition coefficient (Wildman–Crippen LogP) is 2.67. The molecule has 1 unspecified atom stereocenters. The lowest BCUT2D eigenvalue weighted by molar-refractivity contribution is 0.0551. The van der Waals surface area contributed by atoms with Crippen LogP contribution in [0.15, 0.2) is 6.20 Å². The standard InChI is InChI=1S/C18H28N4O/c23-17(22-10-4-7-18(13-22)8-9-19-12-18)15-11-20-21-16(15)14-5-2-1-3-6-14/h11,14,19H,1-10,12-13H2,(H,20,21). The topological polar surface area (TPSA) is 61.0 Å².